The monoisotopic (exact) mass is 967 g/mol. The van der Waals surface area contributed by atoms with E-state index in [2.05, 4.69) is 42.5 Å². The van der Waals surface area contributed by atoms with Crippen LogP contribution in [0, 0.1) is 5.41 Å². The number of aliphatic carboxylic acids is 1. The molecule has 2 aliphatic heterocycles. The molecular weight excluding hydrogens is 901 g/mol. The lowest BCUT2D eigenvalue weighted by atomic mass is 10.0. The van der Waals surface area contributed by atoms with Crippen molar-refractivity contribution in [3.05, 3.63) is 108 Å². The molecule has 0 saturated carbocycles. The van der Waals surface area contributed by atoms with Gasteiger partial charge in [-0.25, -0.2) is 4.79 Å². The number of likely N-dealkylation sites (tertiary alicyclic amines) is 1. The van der Waals surface area contributed by atoms with Crippen LogP contribution < -0.4 is 54.0 Å². The molecular formula is C49H66N12O9. The SMILES string of the molecule is C[C@H](NC(=O)[C@H](CN)NC(=O)[C@@H](Cc1ccccc1)NC(=O)[C@H](Cc1ccccc1)NC(=O)[C@H](CCCNC(=N)N)NC(=O)[C@@H]1CCCN1)C(=O)N[C@@H](Cc1ccccc1)C(=O)N1CCC[C@@H]1C(=O)O. The largest absolute Gasteiger partial charge is 0.480 e. The summed E-state index contributed by atoms with van der Waals surface area (Å²) in [5.74, 6) is -6.12. The van der Waals surface area contributed by atoms with Crippen LogP contribution >= 0.6 is 0 Å². The molecule has 8 atom stereocenters. The highest BCUT2D eigenvalue weighted by molar-refractivity contribution is 5.98. The number of carbonyl (C=O) groups excluding carboxylic acids is 7. The average molecular weight is 967 g/mol. The van der Waals surface area contributed by atoms with Crippen LogP contribution in [0.1, 0.15) is 62.1 Å². The molecule has 21 heteroatoms. The van der Waals surface area contributed by atoms with Gasteiger partial charge in [-0.1, -0.05) is 91.0 Å². The number of hydrogen-bond donors (Lipinski definition) is 12. The Morgan fingerprint density at radius 3 is 1.63 bits per heavy atom. The predicted molar refractivity (Wildman–Crippen MR) is 259 cm³/mol. The number of amides is 7. The zero-order valence-corrected chi connectivity index (χ0v) is 39.3. The Hall–Kier alpha value is -7.39. The van der Waals surface area contributed by atoms with E-state index in [4.69, 9.17) is 16.9 Å². The topological polar surface area (TPSA) is 332 Å². The number of nitrogens with one attached hydrogen (secondary N) is 9. The van der Waals surface area contributed by atoms with Gasteiger partial charge in [-0.15, -0.1) is 0 Å². The smallest absolute Gasteiger partial charge is 0.326 e. The maximum absolute atomic E-state index is 14.4. The summed E-state index contributed by atoms with van der Waals surface area (Å²) in [6.07, 6.45) is 2.62. The minimum Gasteiger partial charge on any atom is -0.480 e. The summed E-state index contributed by atoms with van der Waals surface area (Å²) in [4.78, 5) is 110. The van der Waals surface area contributed by atoms with Gasteiger partial charge in [-0.3, -0.25) is 39.0 Å². The van der Waals surface area contributed by atoms with E-state index in [9.17, 15) is 43.5 Å². The number of carboxylic acid groups (broad SMARTS) is 1. The molecule has 14 N–H and O–H groups in total. The second kappa shape index (κ2) is 27.0. The number of hydrogen-bond acceptors (Lipinski definition) is 11. The van der Waals surface area contributed by atoms with Crippen LogP contribution in [0.3, 0.4) is 0 Å². The van der Waals surface area contributed by atoms with Gasteiger partial charge in [0.1, 0.15) is 42.3 Å². The lowest BCUT2D eigenvalue weighted by Gasteiger charge is -2.29. The van der Waals surface area contributed by atoms with Gasteiger partial charge in [0.2, 0.25) is 41.4 Å². The first-order valence-electron chi connectivity index (χ1n) is 23.6. The molecule has 0 unspecified atom stereocenters. The number of nitrogens with zero attached hydrogens (tertiary/aromatic N) is 1. The first-order chi connectivity index (χ1) is 33.6. The number of carboxylic acids is 1. The molecule has 2 saturated heterocycles. The van der Waals surface area contributed by atoms with Gasteiger partial charge in [0.05, 0.1) is 6.04 Å². The summed E-state index contributed by atoms with van der Waals surface area (Å²) in [6.45, 7) is 2.07. The fourth-order valence-electron chi connectivity index (χ4n) is 8.36. The molecule has 0 aromatic heterocycles. The Bertz CT molecular complexity index is 2270. The van der Waals surface area contributed by atoms with Crippen molar-refractivity contribution < 1.29 is 43.5 Å². The van der Waals surface area contributed by atoms with E-state index in [1.807, 2.05) is 0 Å². The highest BCUT2D eigenvalue weighted by atomic mass is 16.4. The highest BCUT2D eigenvalue weighted by Gasteiger charge is 2.39. The second-order valence-corrected chi connectivity index (χ2v) is 17.5. The summed E-state index contributed by atoms with van der Waals surface area (Å²) < 4.78 is 0. The molecule has 2 fully saturated rings. The minimum absolute atomic E-state index is 0.00140. The third-order valence-electron chi connectivity index (χ3n) is 12.2. The predicted octanol–water partition coefficient (Wildman–Crippen LogP) is -1.31. The van der Waals surface area contributed by atoms with Crippen LogP contribution in [-0.2, 0) is 57.6 Å². The van der Waals surface area contributed by atoms with Crippen molar-refractivity contribution in [2.75, 3.05) is 26.2 Å². The van der Waals surface area contributed by atoms with Crippen molar-refractivity contribution >= 4 is 53.3 Å². The summed E-state index contributed by atoms with van der Waals surface area (Å²) in [6, 6.07) is 17.5. The van der Waals surface area contributed by atoms with Gasteiger partial charge in [-0.05, 0) is 68.7 Å². The van der Waals surface area contributed by atoms with E-state index in [1.54, 1.807) is 91.0 Å². The molecule has 21 nitrogen and oxygen atoms in total. The fraction of sp³-hybridized carbons (Fsp3) is 0.449. The van der Waals surface area contributed by atoms with Crippen molar-refractivity contribution in [3.8, 4) is 0 Å². The average Bonchev–Trinajstić information content (AvgIpc) is 4.08. The van der Waals surface area contributed by atoms with Gasteiger partial charge in [0.15, 0.2) is 5.96 Å². The Balaban J connectivity index is 1.30. The van der Waals surface area contributed by atoms with Gasteiger partial charge in [0, 0.05) is 38.9 Å². The van der Waals surface area contributed by atoms with E-state index in [0.29, 0.717) is 42.5 Å². The maximum atomic E-state index is 14.4. The van der Waals surface area contributed by atoms with Crippen molar-refractivity contribution in [2.45, 2.75) is 113 Å². The molecule has 7 amide bonds. The standard InChI is InChI=1S/C49H66N12O9/c1-30(41(62)59-38(28-33-18-9-4-10-19-33)47(68)61-25-13-22-40(61)48(69)70)55-46(67)39(29-50)60-45(66)37(27-32-16-7-3-8-17-32)58-44(65)36(26-31-14-5-2-6-15-31)57-43(64)35(21-12-24-54-49(51)52)56-42(63)34-20-11-23-53-34/h2-10,14-19,30,34-40,53H,11-13,20-29,50H2,1H3,(H,55,67)(H,56,63)(H,57,64)(H,58,65)(H,59,62)(H,60,66)(H,69,70)(H4,51,52,54)/t30-,34-,35-,36-,37+,38-,39-,40+/m0/s1. The molecule has 3 aromatic rings. The molecule has 0 bridgehead atoms. The Kier molecular flexibility index (Phi) is 20.6. The quantitative estimate of drug-likeness (QED) is 0.0267. The second-order valence-electron chi connectivity index (χ2n) is 17.5. The number of guanidine groups is 1. The maximum Gasteiger partial charge on any atom is 0.326 e. The Labute approximate surface area is 406 Å². The normalized spacial score (nSPS) is 17.8. The van der Waals surface area contributed by atoms with Crippen molar-refractivity contribution in [2.24, 2.45) is 11.5 Å². The number of rotatable bonds is 25. The molecule has 0 spiro atoms. The van der Waals surface area contributed by atoms with Gasteiger partial charge < -0.3 is 64.0 Å². The highest BCUT2D eigenvalue weighted by Crippen LogP contribution is 2.20. The summed E-state index contributed by atoms with van der Waals surface area (Å²) in [5, 5.41) is 39.3. The zero-order chi connectivity index (χ0) is 50.6. The third-order valence-corrected chi connectivity index (χ3v) is 12.2. The van der Waals surface area contributed by atoms with Crippen molar-refractivity contribution in [3.63, 3.8) is 0 Å². The van der Waals surface area contributed by atoms with E-state index < -0.39 is 96.3 Å². The minimum atomic E-state index is -1.41. The summed E-state index contributed by atoms with van der Waals surface area (Å²) >= 11 is 0. The molecule has 2 heterocycles. The molecule has 3 aromatic carbocycles. The molecule has 2 aliphatic rings. The first kappa shape index (κ1) is 53.6. The number of nitrogens with two attached hydrogens (primary N) is 2. The van der Waals surface area contributed by atoms with Gasteiger partial charge in [0.25, 0.3) is 0 Å². The zero-order valence-electron chi connectivity index (χ0n) is 39.3. The van der Waals surface area contributed by atoms with E-state index in [-0.39, 0.29) is 57.1 Å². The van der Waals surface area contributed by atoms with E-state index in [1.165, 1.54) is 11.8 Å². The molecule has 5 rings (SSSR count). The molecule has 70 heavy (non-hydrogen) atoms. The summed E-state index contributed by atoms with van der Waals surface area (Å²) in [5.41, 5.74) is 13.5. The lowest BCUT2D eigenvalue weighted by molar-refractivity contribution is -0.149. The summed E-state index contributed by atoms with van der Waals surface area (Å²) in [7, 11) is 0. The van der Waals surface area contributed by atoms with Gasteiger partial charge >= 0.3 is 5.97 Å². The van der Waals surface area contributed by atoms with Gasteiger partial charge in [-0.2, -0.15) is 0 Å². The fourth-order valence-corrected chi connectivity index (χ4v) is 8.36. The first-order valence-corrected chi connectivity index (χ1v) is 23.6. The number of benzene rings is 3. The van der Waals surface area contributed by atoms with E-state index in [0.717, 1.165) is 6.42 Å². The van der Waals surface area contributed by atoms with E-state index >= 15 is 0 Å². The number of carbonyl (C=O) groups is 8. The van der Waals surface area contributed by atoms with Crippen LogP contribution in [0.15, 0.2) is 91.0 Å². The Morgan fingerprint density at radius 2 is 1.14 bits per heavy atom. The Morgan fingerprint density at radius 1 is 0.657 bits per heavy atom. The van der Waals surface area contributed by atoms with Crippen LogP contribution in [0.25, 0.3) is 0 Å². The lowest BCUT2D eigenvalue weighted by Crippen LogP contribution is -2.61. The molecule has 0 radical (unpaired) electrons. The van der Waals surface area contributed by atoms with Crippen LogP contribution in [-0.4, -0.2) is 138 Å². The van der Waals surface area contributed by atoms with Crippen molar-refractivity contribution in [1.82, 2.24) is 47.4 Å². The molecule has 376 valence electrons. The van der Waals surface area contributed by atoms with Crippen LogP contribution in [0.5, 0.6) is 0 Å². The van der Waals surface area contributed by atoms with Crippen LogP contribution in [0.2, 0.25) is 0 Å². The molecule has 0 aliphatic carbocycles. The van der Waals surface area contributed by atoms with Crippen molar-refractivity contribution in [1.29, 1.82) is 5.41 Å². The third kappa shape index (κ3) is 16.4. The van der Waals surface area contributed by atoms with Crippen LogP contribution in [0.4, 0.5) is 0 Å².